The summed E-state index contributed by atoms with van der Waals surface area (Å²) in [4.78, 5) is 30.5. The number of carbonyl (C=O) groups excluding carboxylic acids is 2. The minimum Gasteiger partial charge on any atom is -0.363 e. The van der Waals surface area contributed by atoms with E-state index in [-0.39, 0.29) is 5.91 Å². The van der Waals surface area contributed by atoms with E-state index in [1.54, 1.807) is 0 Å². The average molecular weight is 458 g/mol. The minimum absolute atomic E-state index is 0.371. The van der Waals surface area contributed by atoms with Crippen molar-refractivity contribution >= 4 is 34.6 Å². The molecule has 1 aromatic heterocycles. The second kappa shape index (κ2) is 9.61. The second-order valence-electron chi connectivity index (χ2n) is 8.04. The molecule has 3 N–H and O–H groups in total. The maximum Gasteiger partial charge on any atom is 0.261 e. The number of carbonyl (C=O) groups is 2. The molecule has 0 bridgehead atoms. The average Bonchev–Trinajstić information content (AvgIpc) is 3.45. The number of aliphatic imine (C=N–C) groups is 1. The SMILES string of the molecule is CN(C)c1c2c(nn1CCC(C=O)NC(=O)C1N=C(Cc3ccccc3)NN1)CS(=O)C2. The van der Waals surface area contributed by atoms with Gasteiger partial charge in [0.15, 0.2) is 6.17 Å². The summed E-state index contributed by atoms with van der Waals surface area (Å²) in [6.07, 6.45) is 0.908. The quantitative estimate of drug-likeness (QED) is 0.448. The number of aldehydes is 1. The first kappa shape index (κ1) is 22.2. The fourth-order valence-corrected chi connectivity index (χ4v) is 5.15. The molecule has 4 rings (SSSR count). The van der Waals surface area contributed by atoms with Gasteiger partial charge in [0.25, 0.3) is 5.91 Å². The number of rotatable bonds is 9. The minimum atomic E-state index is -0.904. The smallest absolute Gasteiger partial charge is 0.261 e. The van der Waals surface area contributed by atoms with Crippen molar-refractivity contribution < 1.29 is 13.8 Å². The highest BCUT2D eigenvalue weighted by Crippen LogP contribution is 2.30. The van der Waals surface area contributed by atoms with Gasteiger partial charge in [0.1, 0.15) is 17.9 Å². The van der Waals surface area contributed by atoms with E-state index in [0.717, 1.165) is 28.9 Å². The number of fused-ring (bicyclic) bond motifs is 1. The molecule has 0 radical (unpaired) electrons. The number of anilines is 1. The zero-order valence-electron chi connectivity index (χ0n) is 18.1. The number of benzene rings is 1. The molecule has 0 saturated heterocycles. The van der Waals surface area contributed by atoms with E-state index < -0.39 is 23.0 Å². The van der Waals surface area contributed by atoms with E-state index in [9.17, 15) is 13.8 Å². The van der Waals surface area contributed by atoms with Gasteiger partial charge in [-0.05, 0) is 12.0 Å². The van der Waals surface area contributed by atoms with Gasteiger partial charge in [-0.25, -0.2) is 15.1 Å². The van der Waals surface area contributed by atoms with E-state index in [4.69, 9.17) is 0 Å². The highest BCUT2D eigenvalue weighted by molar-refractivity contribution is 7.83. The van der Waals surface area contributed by atoms with Crippen LogP contribution in [0.15, 0.2) is 35.3 Å². The van der Waals surface area contributed by atoms with Crippen molar-refractivity contribution in [1.29, 1.82) is 0 Å². The molecule has 32 heavy (non-hydrogen) atoms. The molecule has 10 nitrogen and oxygen atoms in total. The van der Waals surface area contributed by atoms with Gasteiger partial charge in [-0.1, -0.05) is 30.3 Å². The van der Waals surface area contributed by atoms with Crippen molar-refractivity contribution in [3.63, 3.8) is 0 Å². The van der Waals surface area contributed by atoms with Crippen LogP contribution in [0.4, 0.5) is 5.82 Å². The summed E-state index contributed by atoms with van der Waals surface area (Å²) in [6.45, 7) is 0.454. The summed E-state index contributed by atoms with van der Waals surface area (Å²) in [6, 6.07) is 9.16. The maximum absolute atomic E-state index is 12.6. The number of amidine groups is 1. The lowest BCUT2D eigenvalue weighted by Crippen LogP contribution is -2.48. The molecule has 0 spiro atoms. The highest BCUT2D eigenvalue weighted by Gasteiger charge is 2.29. The lowest BCUT2D eigenvalue weighted by atomic mass is 10.1. The normalized spacial score (nSPS) is 20.2. The third-order valence-corrected chi connectivity index (χ3v) is 6.58. The maximum atomic E-state index is 12.6. The van der Waals surface area contributed by atoms with E-state index in [1.165, 1.54) is 0 Å². The van der Waals surface area contributed by atoms with Gasteiger partial charge >= 0.3 is 0 Å². The number of amides is 1. The Labute approximate surface area is 188 Å². The van der Waals surface area contributed by atoms with Crippen LogP contribution < -0.4 is 21.1 Å². The van der Waals surface area contributed by atoms with Gasteiger partial charge < -0.3 is 20.4 Å². The molecule has 0 aliphatic carbocycles. The van der Waals surface area contributed by atoms with Gasteiger partial charge in [-0.15, -0.1) is 0 Å². The first-order chi connectivity index (χ1) is 15.4. The number of hydrazine groups is 1. The Morgan fingerprint density at radius 2 is 2.12 bits per heavy atom. The summed E-state index contributed by atoms with van der Waals surface area (Å²) in [5.41, 5.74) is 8.72. The molecule has 2 aliphatic heterocycles. The van der Waals surface area contributed by atoms with Crippen LogP contribution in [-0.4, -0.2) is 58.3 Å². The fourth-order valence-electron chi connectivity index (χ4n) is 3.90. The van der Waals surface area contributed by atoms with Crippen molar-refractivity contribution in [1.82, 2.24) is 25.9 Å². The molecule has 0 saturated carbocycles. The number of hydrogen-bond acceptors (Lipinski definition) is 8. The summed E-state index contributed by atoms with van der Waals surface area (Å²) >= 11 is 0. The molecular weight excluding hydrogens is 430 g/mol. The molecule has 3 atom stereocenters. The molecule has 3 unspecified atom stereocenters. The molecule has 2 aliphatic rings. The van der Waals surface area contributed by atoms with Gasteiger partial charge in [-0.2, -0.15) is 5.10 Å². The Morgan fingerprint density at radius 3 is 2.84 bits per heavy atom. The van der Waals surface area contributed by atoms with E-state index in [2.05, 4.69) is 26.3 Å². The molecule has 2 aromatic rings. The number of hydrogen-bond donors (Lipinski definition) is 3. The van der Waals surface area contributed by atoms with Gasteiger partial charge in [0.05, 0.1) is 23.2 Å². The fraction of sp³-hybridized carbons (Fsp3) is 0.429. The van der Waals surface area contributed by atoms with Crippen LogP contribution in [0.3, 0.4) is 0 Å². The molecule has 170 valence electrons. The summed E-state index contributed by atoms with van der Waals surface area (Å²) in [5, 5.41) is 7.33. The molecule has 0 fully saturated rings. The molecule has 1 aromatic carbocycles. The van der Waals surface area contributed by atoms with Crippen molar-refractivity contribution in [2.45, 2.75) is 43.1 Å². The molecule has 11 heteroatoms. The second-order valence-corrected chi connectivity index (χ2v) is 9.50. The van der Waals surface area contributed by atoms with Crippen LogP contribution in [0.1, 0.15) is 23.2 Å². The van der Waals surface area contributed by atoms with Crippen LogP contribution in [-0.2, 0) is 44.9 Å². The predicted molar refractivity (Wildman–Crippen MR) is 122 cm³/mol. The first-order valence-electron chi connectivity index (χ1n) is 10.4. The lowest BCUT2D eigenvalue weighted by molar-refractivity contribution is -0.125. The monoisotopic (exact) mass is 457 g/mol. The Hall–Kier alpha value is -3.05. The van der Waals surface area contributed by atoms with Crippen molar-refractivity contribution in [3.05, 3.63) is 47.2 Å². The van der Waals surface area contributed by atoms with Gasteiger partial charge in [0.2, 0.25) is 0 Å². The summed E-state index contributed by atoms with van der Waals surface area (Å²) < 4.78 is 13.7. The number of aromatic nitrogens is 2. The zero-order valence-corrected chi connectivity index (χ0v) is 18.9. The Morgan fingerprint density at radius 1 is 1.34 bits per heavy atom. The van der Waals surface area contributed by atoms with Crippen molar-refractivity contribution in [2.75, 3.05) is 19.0 Å². The molecule has 1 amide bonds. The largest absolute Gasteiger partial charge is 0.363 e. The number of nitrogens with zero attached hydrogens (tertiary/aromatic N) is 4. The Balaban J connectivity index is 1.34. The predicted octanol–water partition coefficient (Wildman–Crippen LogP) is -0.140. The first-order valence-corrected chi connectivity index (χ1v) is 11.9. The van der Waals surface area contributed by atoms with Crippen molar-refractivity contribution in [3.8, 4) is 0 Å². The molecular formula is C21H27N7O3S. The number of nitrogens with one attached hydrogen (secondary N) is 3. The van der Waals surface area contributed by atoms with E-state index >= 15 is 0 Å². The summed E-state index contributed by atoms with van der Waals surface area (Å²) in [7, 11) is 2.92. The van der Waals surface area contributed by atoms with E-state index in [0.29, 0.717) is 36.7 Å². The third kappa shape index (κ3) is 4.89. The van der Waals surface area contributed by atoms with E-state index in [1.807, 2.05) is 54.0 Å². The van der Waals surface area contributed by atoms with Crippen LogP contribution in [0.5, 0.6) is 0 Å². The topological polar surface area (TPSA) is 121 Å². The standard InChI is InChI=1S/C21H27N7O3S/c1-27(2)21-16-12-32(31)13-17(16)26-28(21)9-8-15(11-29)22-20(30)19-23-18(24-25-19)10-14-6-4-3-5-7-14/h3-7,11,15,19,25H,8-10,12-13H2,1-2H3,(H,22,30)(H,23,24). The number of aryl methyl sites for hydroxylation is 1. The Bertz CT molecular complexity index is 1050. The van der Waals surface area contributed by atoms with Crippen LogP contribution >= 0.6 is 0 Å². The van der Waals surface area contributed by atoms with Crippen LogP contribution in [0.25, 0.3) is 0 Å². The summed E-state index contributed by atoms with van der Waals surface area (Å²) in [5.74, 6) is 2.15. The lowest BCUT2D eigenvalue weighted by Gasteiger charge is -2.19. The van der Waals surface area contributed by atoms with Crippen molar-refractivity contribution in [2.24, 2.45) is 4.99 Å². The molecule has 3 heterocycles. The Kier molecular flexibility index (Phi) is 6.66. The van der Waals surface area contributed by atoms with Gasteiger partial charge in [0, 0.05) is 43.4 Å². The van der Waals surface area contributed by atoms with Crippen LogP contribution in [0.2, 0.25) is 0 Å². The zero-order chi connectivity index (χ0) is 22.7. The van der Waals surface area contributed by atoms with Crippen LogP contribution in [0, 0.1) is 0 Å². The highest BCUT2D eigenvalue weighted by atomic mass is 32.2. The third-order valence-electron chi connectivity index (χ3n) is 5.38. The van der Waals surface area contributed by atoms with Gasteiger partial charge in [-0.3, -0.25) is 9.00 Å².